The Kier molecular flexibility index (Phi) is 5.26. The van der Waals surface area contributed by atoms with E-state index in [9.17, 15) is 5.11 Å². The molecular weight excluding hydrogens is 292 g/mol. The molecule has 2 rings (SSSR count). The highest BCUT2D eigenvalue weighted by molar-refractivity contribution is 7.98. The van der Waals surface area contributed by atoms with Crippen molar-refractivity contribution in [1.29, 1.82) is 0 Å². The van der Waals surface area contributed by atoms with Crippen molar-refractivity contribution < 1.29 is 9.84 Å². The number of nitrogens with zero attached hydrogens (tertiary/aromatic N) is 1. The van der Waals surface area contributed by atoms with Crippen molar-refractivity contribution in [3.8, 4) is 0 Å². The number of aliphatic hydroxyl groups is 1. The van der Waals surface area contributed by atoms with Crippen LogP contribution in [0.15, 0.2) is 23.1 Å². The van der Waals surface area contributed by atoms with Gasteiger partial charge in [0.25, 0.3) is 0 Å². The molecule has 0 saturated carbocycles. The Labute approximate surface area is 129 Å². The molecule has 20 heavy (non-hydrogen) atoms. The second-order valence-corrected chi connectivity index (χ2v) is 6.16. The maximum absolute atomic E-state index is 9.35. The van der Waals surface area contributed by atoms with E-state index in [1.54, 1.807) is 11.8 Å². The van der Waals surface area contributed by atoms with Crippen LogP contribution in [0.4, 0.5) is 5.69 Å². The van der Waals surface area contributed by atoms with Gasteiger partial charge in [-0.15, -0.1) is 11.8 Å². The highest BCUT2D eigenvalue weighted by Crippen LogP contribution is 2.31. The molecule has 2 unspecified atom stereocenters. The molecule has 1 heterocycles. The zero-order valence-electron chi connectivity index (χ0n) is 11.7. The molecule has 1 fully saturated rings. The van der Waals surface area contributed by atoms with E-state index in [0.717, 1.165) is 22.7 Å². The lowest BCUT2D eigenvalue weighted by Gasteiger charge is -2.38. The van der Waals surface area contributed by atoms with E-state index in [2.05, 4.69) is 4.90 Å². The zero-order chi connectivity index (χ0) is 14.7. The third-order valence-corrected chi connectivity index (χ3v) is 4.33. The first-order valence-corrected chi connectivity index (χ1v) is 8.18. The number of anilines is 1. The lowest BCUT2D eigenvalue weighted by molar-refractivity contribution is -0.0421. The number of hydrogen-bond donors (Lipinski definition) is 2. The van der Waals surface area contributed by atoms with Crippen LogP contribution in [0.25, 0.3) is 0 Å². The van der Waals surface area contributed by atoms with Crippen molar-refractivity contribution in [3.63, 3.8) is 0 Å². The average molecular weight is 312 g/mol. The average Bonchev–Trinajstić information content (AvgIpc) is 2.45. The highest BCUT2D eigenvalue weighted by atomic mass is 32.2. The second-order valence-electron chi connectivity index (χ2n) is 4.87. The van der Waals surface area contributed by atoms with Gasteiger partial charge in [0.05, 0.1) is 18.8 Å². The number of thioether (sulfide) groups is 1. The Morgan fingerprint density at radius 1 is 1.55 bits per heavy atom. The van der Waals surface area contributed by atoms with Gasteiger partial charge in [0.2, 0.25) is 0 Å². The topological polar surface area (TPSA) is 58.7 Å². The van der Waals surface area contributed by atoms with Crippen molar-refractivity contribution in [1.82, 2.24) is 0 Å². The summed E-state index contributed by atoms with van der Waals surface area (Å²) in [7, 11) is 0. The minimum absolute atomic E-state index is 0.0193. The molecule has 0 amide bonds. The van der Waals surface area contributed by atoms with E-state index in [1.807, 2.05) is 31.4 Å². The summed E-state index contributed by atoms with van der Waals surface area (Å²) in [5.74, 6) is 0. The number of morpholine rings is 1. The fraction of sp³-hybridized carbons (Fsp3) is 0.500. The summed E-state index contributed by atoms with van der Waals surface area (Å²) < 4.78 is 5.68. The third-order valence-electron chi connectivity index (χ3n) is 3.34. The predicted molar refractivity (Wildman–Crippen MR) is 87.7 cm³/mol. The van der Waals surface area contributed by atoms with Crippen molar-refractivity contribution >= 4 is 34.7 Å². The summed E-state index contributed by atoms with van der Waals surface area (Å²) in [6.07, 6.45) is 1.91. The summed E-state index contributed by atoms with van der Waals surface area (Å²) in [5, 5.41) is 9.35. The Bertz CT molecular complexity index is 496. The Morgan fingerprint density at radius 3 is 2.90 bits per heavy atom. The lowest BCUT2D eigenvalue weighted by atomic mass is 10.1. The van der Waals surface area contributed by atoms with Crippen molar-refractivity contribution in [2.75, 3.05) is 30.9 Å². The van der Waals surface area contributed by atoms with Crippen LogP contribution in [-0.4, -0.2) is 48.3 Å². The summed E-state index contributed by atoms with van der Waals surface area (Å²) in [5.41, 5.74) is 7.85. The van der Waals surface area contributed by atoms with E-state index < -0.39 is 0 Å². The van der Waals surface area contributed by atoms with Gasteiger partial charge in [-0.1, -0.05) is 18.3 Å². The lowest BCUT2D eigenvalue weighted by Crippen LogP contribution is -2.48. The largest absolute Gasteiger partial charge is 0.394 e. The van der Waals surface area contributed by atoms with Gasteiger partial charge in [-0.2, -0.15) is 0 Å². The molecule has 6 heteroatoms. The molecule has 0 radical (unpaired) electrons. The fourth-order valence-corrected chi connectivity index (χ4v) is 3.46. The molecule has 1 aromatic carbocycles. The zero-order valence-corrected chi connectivity index (χ0v) is 13.3. The van der Waals surface area contributed by atoms with Crippen LogP contribution in [0, 0.1) is 0 Å². The summed E-state index contributed by atoms with van der Waals surface area (Å²) >= 11 is 6.85. The first-order valence-electron chi connectivity index (χ1n) is 6.54. The van der Waals surface area contributed by atoms with Crippen molar-refractivity contribution in [2.24, 2.45) is 5.73 Å². The molecule has 1 aliphatic heterocycles. The molecule has 0 spiro atoms. The molecule has 1 saturated heterocycles. The number of nitrogens with two attached hydrogens (primary N) is 1. The first-order chi connectivity index (χ1) is 9.56. The minimum Gasteiger partial charge on any atom is -0.394 e. The smallest absolute Gasteiger partial charge is 0.107 e. The molecule has 2 atom stereocenters. The molecule has 1 aliphatic rings. The Morgan fingerprint density at radius 2 is 2.30 bits per heavy atom. The highest BCUT2D eigenvalue weighted by Gasteiger charge is 2.27. The second kappa shape index (κ2) is 6.76. The van der Waals surface area contributed by atoms with Gasteiger partial charge in [-0.3, -0.25) is 0 Å². The van der Waals surface area contributed by atoms with Gasteiger partial charge in [-0.25, -0.2) is 0 Å². The maximum atomic E-state index is 9.35. The van der Waals surface area contributed by atoms with Crippen LogP contribution in [-0.2, 0) is 4.74 Å². The first kappa shape index (κ1) is 15.6. The van der Waals surface area contributed by atoms with Crippen LogP contribution in [0.1, 0.15) is 12.5 Å². The van der Waals surface area contributed by atoms with E-state index >= 15 is 0 Å². The molecular formula is C14H20N2O2S2. The van der Waals surface area contributed by atoms with Crippen molar-refractivity contribution in [2.45, 2.75) is 24.0 Å². The maximum Gasteiger partial charge on any atom is 0.107 e. The quantitative estimate of drug-likeness (QED) is 0.651. The van der Waals surface area contributed by atoms with E-state index in [4.69, 9.17) is 22.7 Å². The molecule has 110 valence electrons. The molecule has 1 aromatic rings. The predicted octanol–water partition coefficient (Wildman–Crippen LogP) is 1.63. The van der Waals surface area contributed by atoms with Gasteiger partial charge < -0.3 is 20.5 Å². The van der Waals surface area contributed by atoms with Crippen LogP contribution < -0.4 is 10.6 Å². The number of thiocarbonyl (C=S) groups is 1. The summed E-state index contributed by atoms with van der Waals surface area (Å²) in [6, 6.07) is 6.06. The van der Waals surface area contributed by atoms with Crippen molar-refractivity contribution in [3.05, 3.63) is 23.8 Å². The van der Waals surface area contributed by atoms with E-state index in [-0.39, 0.29) is 18.8 Å². The fourth-order valence-electron chi connectivity index (χ4n) is 2.54. The van der Waals surface area contributed by atoms with Gasteiger partial charge in [-0.05, 0) is 25.3 Å². The Balaban J connectivity index is 2.38. The standard InChI is InChI=1S/C14H20N2O2S2/c1-9-6-16(7-10(8-17)18-9)11-4-3-5-12(20-2)13(11)14(15)19/h3-5,9-10,17H,6-8H2,1-2H3,(H2,15,19). The number of benzene rings is 1. The van der Waals surface area contributed by atoms with E-state index in [1.165, 1.54) is 0 Å². The molecule has 4 nitrogen and oxygen atoms in total. The van der Waals surface area contributed by atoms with Crippen LogP contribution in [0.3, 0.4) is 0 Å². The normalized spacial score (nSPS) is 22.9. The van der Waals surface area contributed by atoms with Crippen LogP contribution in [0.5, 0.6) is 0 Å². The van der Waals surface area contributed by atoms with Gasteiger partial charge >= 0.3 is 0 Å². The number of rotatable bonds is 4. The Hall–Kier alpha value is -0.820. The summed E-state index contributed by atoms with van der Waals surface area (Å²) in [4.78, 5) is 3.68. The van der Waals surface area contributed by atoms with Gasteiger partial charge in [0.1, 0.15) is 4.99 Å². The number of hydrogen-bond acceptors (Lipinski definition) is 5. The summed E-state index contributed by atoms with van der Waals surface area (Å²) in [6.45, 7) is 3.44. The van der Waals surface area contributed by atoms with Crippen LogP contribution >= 0.6 is 24.0 Å². The van der Waals surface area contributed by atoms with Crippen LogP contribution in [0.2, 0.25) is 0 Å². The third kappa shape index (κ3) is 3.25. The van der Waals surface area contributed by atoms with Gasteiger partial charge in [0, 0.05) is 29.2 Å². The SMILES string of the molecule is CSc1cccc(N2CC(C)OC(CO)C2)c1C(N)=S. The molecule has 0 aliphatic carbocycles. The molecule has 0 bridgehead atoms. The molecule has 3 N–H and O–H groups in total. The van der Waals surface area contributed by atoms with E-state index in [0.29, 0.717) is 11.5 Å². The number of aliphatic hydroxyl groups excluding tert-OH is 1. The minimum atomic E-state index is -0.170. The molecule has 0 aromatic heterocycles. The van der Waals surface area contributed by atoms with Gasteiger partial charge in [0.15, 0.2) is 0 Å². The monoisotopic (exact) mass is 312 g/mol. The number of ether oxygens (including phenoxy) is 1.